The summed E-state index contributed by atoms with van der Waals surface area (Å²) >= 11 is 4.21. The monoisotopic (exact) mass is 254 g/mol. The fourth-order valence-electron chi connectivity index (χ4n) is 1.20. The second kappa shape index (κ2) is 4.25. The molecule has 0 aliphatic heterocycles. The third kappa shape index (κ3) is 3.10. The minimum atomic E-state index is -0.605. The molecule has 6 nitrogen and oxygen atoms in total. The molecule has 0 bridgehead atoms. The van der Waals surface area contributed by atoms with E-state index in [-0.39, 0.29) is 11.4 Å². The molecule has 1 aliphatic rings. The normalized spacial score (nSPS) is 16.1. The molecule has 1 aromatic rings. The molecule has 0 aromatic heterocycles. The van der Waals surface area contributed by atoms with Crippen molar-refractivity contribution in [1.82, 2.24) is 5.32 Å². The molecule has 1 aliphatic carbocycles. The fourth-order valence-corrected chi connectivity index (χ4v) is 1.40. The number of hydrogen-bond acceptors (Lipinski definition) is 5. The number of amides is 1. The van der Waals surface area contributed by atoms with Crippen molar-refractivity contribution < 1.29 is 14.5 Å². The second-order valence-corrected chi connectivity index (χ2v) is 4.65. The average Bonchev–Trinajstić information content (AvgIpc) is 2.96. The van der Waals surface area contributed by atoms with Gasteiger partial charge in [0, 0.05) is 12.1 Å². The SMILES string of the molecule is O=C(NC1(S)CC1)Oc1ccc([N+](=O)[O-])cc1. The standard InChI is InChI=1S/C10H10N2O4S/c13-9(11-10(17)5-6-10)16-8-3-1-7(2-4-8)12(14)15/h1-4,17H,5-6H2,(H,11,13). The molecule has 0 unspecified atom stereocenters. The Labute approximate surface area is 103 Å². The maximum atomic E-state index is 11.4. The van der Waals surface area contributed by atoms with E-state index in [0.29, 0.717) is 0 Å². The Bertz CT molecular complexity index is 456. The number of hydrogen-bond donors (Lipinski definition) is 2. The molecule has 0 saturated heterocycles. The van der Waals surface area contributed by atoms with Crippen molar-refractivity contribution in [2.75, 3.05) is 0 Å². The summed E-state index contributed by atoms with van der Waals surface area (Å²) in [5.74, 6) is 0.255. The summed E-state index contributed by atoms with van der Waals surface area (Å²) in [6, 6.07) is 5.29. The number of thiol groups is 1. The Morgan fingerprint density at radius 1 is 1.41 bits per heavy atom. The van der Waals surface area contributed by atoms with E-state index in [1.807, 2.05) is 0 Å². The van der Waals surface area contributed by atoms with Crippen LogP contribution in [0.3, 0.4) is 0 Å². The number of nitro groups is 1. The number of non-ortho nitro benzene ring substituents is 1. The van der Waals surface area contributed by atoms with E-state index in [1.54, 1.807) is 0 Å². The van der Waals surface area contributed by atoms with E-state index in [0.717, 1.165) is 12.8 Å². The van der Waals surface area contributed by atoms with Gasteiger partial charge in [0.25, 0.3) is 5.69 Å². The van der Waals surface area contributed by atoms with Crippen LogP contribution in [0, 0.1) is 10.1 Å². The van der Waals surface area contributed by atoms with Gasteiger partial charge < -0.3 is 10.1 Å². The Kier molecular flexibility index (Phi) is 2.93. The van der Waals surface area contributed by atoms with Crippen LogP contribution >= 0.6 is 12.6 Å². The molecule has 0 atom stereocenters. The number of carbonyl (C=O) groups is 1. The minimum Gasteiger partial charge on any atom is -0.410 e. The Hall–Kier alpha value is -1.76. The molecular weight excluding hydrogens is 244 g/mol. The lowest BCUT2D eigenvalue weighted by Gasteiger charge is -2.10. The van der Waals surface area contributed by atoms with E-state index in [9.17, 15) is 14.9 Å². The molecule has 17 heavy (non-hydrogen) atoms. The minimum absolute atomic E-state index is 0.0504. The van der Waals surface area contributed by atoms with Crippen molar-refractivity contribution in [2.45, 2.75) is 17.7 Å². The van der Waals surface area contributed by atoms with E-state index in [4.69, 9.17) is 4.74 Å². The summed E-state index contributed by atoms with van der Waals surface area (Å²) in [6.07, 6.45) is 1.02. The predicted molar refractivity (Wildman–Crippen MR) is 63.2 cm³/mol. The van der Waals surface area contributed by atoms with Gasteiger partial charge in [0.15, 0.2) is 0 Å². The Morgan fingerprint density at radius 3 is 2.47 bits per heavy atom. The van der Waals surface area contributed by atoms with Gasteiger partial charge in [0.2, 0.25) is 0 Å². The number of nitrogens with zero attached hydrogens (tertiary/aromatic N) is 1. The topological polar surface area (TPSA) is 81.5 Å². The van der Waals surface area contributed by atoms with Gasteiger partial charge in [-0.15, -0.1) is 0 Å². The number of benzene rings is 1. The van der Waals surface area contributed by atoms with Crippen LogP contribution in [0.2, 0.25) is 0 Å². The van der Waals surface area contributed by atoms with Crippen LogP contribution in [0.1, 0.15) is 12.8 Å². The Balaban J connectivity index is 1.94. The first kappa shape index (κ1) is 11.7. The number of nitrogens with one attached hydrogen (secondary N) is 1. The van der Waals surface area contributed by atoms with Crippen molar-refractivity contribution >= 4 is 24.4 Å². The molecule has 0 spiro atoms. The van der Waals surface area contributed by atoms with E-state index in [2.05, 4.69) is 17.9 Å². The third-order valence-electron chi connectivity index (χ3n) is 2.32. The smallest absolute Gasteiger partial charge is 0.410 e. The maximum absolute atomic E-state index is 11.4. The lowest BCUT2D eigenvalue weighted by atomic mass is 10.3. The van der Waals surface area contributed by atoms with Crippen molar-refractivity contribution in [3.8, 4) is 5.75 Å². The summed E-state index contributed by atoms with van der Waals surface area (Å²) in [5, 5.41) is 13.0. The molecular formula is C10H10N2O4S. The lowest BCUT2D eigenvalue weighted by molar-refractivity contribution is -0.384. The number of nitro benzene ring substituents is 1. The quantitative estimate of drug-likeness (QED) is 0.374. The third-order valence-corrected chi connectivity index (χ3v) is 2.88. The molecule has 0 radical (unpaired) electrons. The van der Waals surface area contributed by atoms with Gasteiger partial charge in [-0.05, 0) is 25.0 Å². The van der Waals surface area contributed by atoms with Gasteiger partial charge >= 0.3 is 6.09 Å². The van der Waals surface area contributed by atoms with Crippen LogP contribution in [0.15, 0.2) is 24.3 Å². The van der Waals surface area contributed by atoms with E-state index < -0.39 is 15.9 Å². The molecule has 7 heteroatoms. The van der Waals surface area contributed by atoms with Crippen LogP contribution in [-0.2, 0) is 0 Å². The zero-order chi connectivity index (χ0) is 12.5. The summed E-state index contributed by atoms with van der Waals surface area (Å²) in [5.41, 5.74) is -0.0504. The number of carbonyl (C=O) groups excluding carboxylic acids is 1. The lowest BCUT2D eigenvalue weighted by Crippen LogP contribution is -2.34. The highest BCUT2D eigenvalue weighted by Crippen LogP contribution is 2.38. The van der Waals surface area contributed by atoms with Gasteiger partial charge in [-0.3, -0.25) is 10.1 Å². The predicted octanol–water partition coefficient (Wildman–Crippen LogP) is 2.10. The van der Waals surface area contributed by atoms with Crippen LogP contribution in [0.5, 0.6) is 5.75 Å². The number of rotatable bonds is 3. The largest absolute Gasteiger partial charge is 0.413 e. The summed E-state index contributed by atoms with van der Waals surface area (Å²) in [6.45, 7) is 0. The van der Waals surface area contributed by atoms with Crippen LogP contribution in [0.4, 0.5) is 10.5 Å². The highest BCUT2D eigenvalue weighted by atomic mass is 32.1. The Morgan fingerprint density at radius 2 is 2.00 bits per heavy atom. The molecule has 1 amide bonds. The zero-order valence-corrected chi connectivity index (χ0v) is 9.65. The molecule has 1 fully saturated rings. The van der Waals surface area contributed by atoms with Crippen molar-refractivity contribution in [3.63, 3.8) is 0 Å². The van der Waals surface area contributed by atoms with Crippen molar-refractivity contribution in [2.24, 2.45) is 0 Å². The van der Waals surface area contributed by atoms with Crippen LogP contribution < -0.4 is 10.1 Å². The summed E-state index contributed by atoms with van der Waals surface area (Å²) in [4.78, 5) is 20.8. The zero-order valence-electron chi connectivity index (χ0n) is 8.75. The van der Waals surface area contributed by atoms with Crippen molar-refractivity contribution in [1.29, 1.82) is 0 Å². The first-order chi connectivity index (χ1) is 7.98. The summed E-state index contributed by atoms with van der Waals surface area (Å²) < 4.78 is 4.94. The highest BCUT2D eigenvalue weighted by molar-refractivity contribution is 7.82. The van der Waals surface area contributed by atoms with Gasteiger partial charge in [-0.25, -0.2) is 4.79 Å². The molecule has 0 heterocycles. The number of ether oxygens (including phenoxy) is 1. The second-order valence-electron chi connectivity index (χ2n) is 3.80. The van der Waals surface area contributed by atoms with Gasteiger partial charge in [0.1, 0.15) is 5.75 Å². The van der Waals surface area contributed by atoms with Gasteiger partial charge in [0.05, 0.1) is 9.79 Å². The average molecular weight is 254 g/mol. The van der Waals surface area contributed by atoms with Crippen LogP contribution in [0.25, 0.3) is 0 Å². The van der Waals surface area contributed by atoms with Crippen molar-refractivity contribution in [3.05, 3.63) is 34.4 Å². The van der Waals surface area contributed by atoms with Gasteiger partial charge in [-0.2, -0.15) is 12.6 Å². The molecule has 2 rings (SSSR count). The molecule has 1 aromatic carbocycles. The summed E-state index contributed by atoms with van der Waals surface area (Å²) in [7, 11) is 0. The first-order valence-electron chi connectivity index (χ1n) is 4.95. The fraction of sp³-hybridized carbons (Fsp3) is 0.300. The van der Waals surface area contributed by atoms with E-state index in [1.165, 1.54) is 24.3 Å². The highest BCUT2D eigenvalue weighted by Gasteiger charge is 2.40. The maximum Gasteiger partial charge on any atom is 0.413 e. The molecule has 90 valence electrons. The molecule has 1 N–H and O–H groups in total. The first-order valence-corrected chi connectivity index (χ1v) is 5.40. The van der Waals surface area contributed by atoms with E-state index >= 15 is 0 Å². The van der Waals surface area contributed by atoms with Crippen LogP contribution in [-0.4, -0.2) is 15.9 Å². The van der Waals surface area contributed by atoms with Gasteiger partial charge in [-0.1, -0.05) is 0 Å². The molecule has 1 saturated carbocycles.